The van der Waals surface area contributed by atoms with Crippen molar-refractivity contribution in [3.63, 3.8) is 0 Å². The van der Waals surface area contributed by atoms with Gasteiger partial charge in [-0.15, -0.1) is 0 Å². The first kappa shape index (κ1) is 20.7. The van der Waals surface area contributed by atoms with Crippen LogP contribution < -0.4 is 0 Å². The van der Waals surface area contributed by atoms with Crippen LogP contribution in [0.2, 0.25) is 0 Å². The minimum atomic E-state index is -0.513. The van der Waals surface area contributed by atoms with Crippen molar-refractivity contribution in [3.05, 3.63) is 22.3 Å². The number of unbranched alkanes of at least 4 members (excludes halogenated alkanes) is 7. The van der Waals surface area contributed by atoms with Gasteiger partial charge in [0, 0.05) is 28.9 Å². The summed E-state index contributed by atoms with van der Waals surface area (Å²) in [5.74, 6) is -0.609. The van der Waals surface area contributed by atoms with Gasteiger partial charge in [0.2, 0.25) is 0 Å². The molecule has 0 saturated carbocycles. The van der Waals surface area contributed by atoms with Gasteiger partial charge in [0.25, 0.3) is 0 Å². The Labute approximate surface area is 144 Å². The SMILES string of the molecule is CC1=C(CCCCCCCCCCO)C(=O)C(CO)=C(CO)C1=O. The van der Waals surface area contributed by atoms with Gasteiger partial charge in [0.15, 0.2) is 11.6 Å². The molecule has 0 heterocycles. The van der Waals surface area contributed by atoms with E-state index in [-0.39, 0.29) is 29.3 Å². The van der Waals surface area contributed by atoms with Gasteiger partial charge in [-0.1, -0.05) is 38.5 Å². The molecule has 24 heavy (non-hydrogen) atoms. The van der Waals surface area contributed by atoms with Gasteiger partial charge < -0.3 is 15.3 Å². The molecule has 0 saturated heterocycles. The Bertz CT molecular complexity index is 502. The second-order valence-corrected chi connectivity index (χ2v) is 6.34. The summed E-state index contributed by atoms with van der Waals surface area (Å²) in [4.78, 5) is 24.6. The fourth-order valence-electron chi connectivity index (χ4n) is 3.10. The Morgan fingerprint density at radius 1 is 0.625 bits per heavy atom. The molecule has 0 aliphatic heterocycles. The van der Waals surface area contributed by atoms with Crippen LogP contribution in [0, 0.1) is 0 Å². The van der Waals surface area contributed by atoms with E-state index < -0.39 is 13.2 Å². The number of ketones is 2. The van der Waals surface area contributed by atoms with Crippen LogP contribution in [-0.4, -0.2) is 46.7 Å². The number of carbonyl (C=O) groups is 2. The maximum Gasteiger partial charge on any atom is 0.188 e. The first-order valence-corrected chi connectivity index (χ1v) is 8.92. The molecule has 0 aromatic rings. The molecular weight excluding hydrogens is 308 g/mol. The van der Waals surface area contributed by atoms with Crippen LogP contribution in [0.25, 0.3) is 0 Å². The Kier molecular flexibility index (Phi) is 9.76. The lowest BCUT2D eigenvalue weighted by molar-refractivity contribution is -0.117. The quantitative estimate of drug-likeness (QED) is 0.375. The van der Waals surface area contributed by atoms with Crippen LogP contribution in [0.4, 0.5) is 0 Å². The summed E-state index contributed by atoms with van der Waals surface area (Å²) >= 11 is 0. The molecule has 0 unspecified atom stereocenters. The number of aliphatic hydroxyl groups is 3. The molecule has 0 aromatic carbocycles. The first-order chi connectivity index (χ1) is 11.6. The average molecular weight is 338 g/mol. The Morgan fingerprint density at radius 3 is 1.58 bits per heavy atom. The number of aliphatic hydroxyl groups excluding tert-OH is 3. The third kappa shape index (κ3) is 5.65. The number of carbonyl (C=O) groups excluding carboxylic acids is 2. The predicted molar refractivity (Wildman–Crippen MR) is 92.6 cm³/mol. The molecular formula is C19H30O5. The number of hydrogen-bond donors (Lipinski definition) is 3. The van der Waals surface area contributed by atoms with E-state index in [4.69, 9.17) is 5.11 Å². The van der Waals surface area contributed by atoms with Gasteiger partial charge in [0.1, 0.15) is 0 Å². The average Bonchev–Trinajstić information content (AvgIpc) is 2.58. The molecule has 1 aliphatic rings. The van der Waals surface area contributed by atoms with Crippen molar-refractivity contribution < 1.29 is 24.9 Å². The highest BCUT2D eigenvalue weighted by Gasteiger charge is 2.30. The summed E-state index contributed by atoms with van der Waals surface area (Å²) in [6.45, 7) is 0.872. The molecule has 0 atom stereocenters. The normalized spacial score (nSPS) is 15.7. The molecule has 0 spiro atoms. The zero-order valence-electron chi connectivity index (χ0n) is 14.6. The molecule has 0 amide bonds. The third-order valence-corrected chi connectivity index (χ3v) is 4.63. The lowest BCUT2D eigenvalue weighted by Gasteiger charge is -2.20. The fourth-order valence-corrected chi connectivity index (χ4v) is 3.10. The monoisotopic (exact) mass is 338 g/mol. The maximum absolute atomic E-state index is 12.4. The molecule has 0 radical (unpaired) electrons. The number of allylic oxidation sites excluding steroid dienone is 2. The molecule has 0 fully saturated rings. The van der Waals surface area contributed by atoms with Crippen molar-refractivity contribution in [2.45, 2.75) is 64.7 Å². The summed E-state index contributed by atoms with van der Waals surface area (Å²) in [7, 11) is 0. The van der Waals surface area contributed by atoms with Gasteiger partial charge in [-0.3, -0.25) is 9.59 Å². The first-order valence-electron chi connectivity index (χ1n) is 8.92. The highest BCUT2D eigenvalue weighted by molar-refractivity contribution is 6.25. The van der Waals surface area contributed by atoms with E-state index in [1.165, 1.54) is 0 Å². The smallest absolute Gasteiger partial charge is 0.188 e. The minimum absolute atomic E-state index is 0.0339. The van der Waals surface area contributed by atoms with Crippen LogP contribution in [0.15, 0.2) is 22.3 Å². The largest absolute Gasteiger partial charge is 0.396 e. The molecule has 1 aliphatic carbocycles. The van der Waals surface area contributed by atoms with Gasteiger partial charge >= 0.3 is 0 Å². The molecule has 136 valence electrons. The maximum atomic E-state index is 12.4. The highest BCUT2D eigenvalue weighted by Crippen LogP contribution is 2.27. The minimum Gasteiger partial charge on any atom is -0.396 e. The standard InChI is InChI=1S/C19H30O5/c1-14-15(10-8-6-4-2-3-5-7-9-11-20)19(24)17(13-22)16(12-21)18(14)23/h20-22H,2-13H2,1H3. The Balaban J connectivity index is 2.41. The molecule has 3 N–H and O–H groups in total. The van der Waals surface area contributed by atoms with Crippen molar-refractivity contribution in [2.75, 3.05) is 19.8 Å². The van der Waals surface area contributed by atoms with E-state index in [9.17, 15) is 19.8 Å². The highest BCUT2D eigenvalue weighted by atomic mass is 16.3. The Morgan fingerprint density at radius 2 is 1.08 bits per heavy atom. The topological polar surface area (TPSA) is 94.8 Å². The van der Waals surface area contributed by atoms with E-state index in [1.807, 2.05) is 0 Å². The Hall–Kier alpha value is -1.30. The predicted octanol–water partition coefficient (Wildman–Crippen LogP) is 2.24. The van der Waals surface area contributed by atoms with Crippen LogP contribution in [-0.2, 0) is 9.59 Å². The number of Topliss-reactive ketones (excluding diaryl/α,β-unsaturated/α-hetero) is 2. The fraction of sp³-hybridized carbons (Fsp3) is 0.684. The number of rotatable bonds is 12. The van der Waals surface area contributed by atoms with E-state index in [2.05, 4.69) is 0 Å². The molecule has 5 heteroatoms. The van der Waals surface area contributed by atoms with Crippen molar-refractivity contribution in [1.82, 2.24) is 0 Å². The van der Waals surface area contributed by atoms with Crippen molar-refractivity contribution in [1.29, 1.82) is 0 Å². The lowest BCUT2D eigenvalue weighted by Crippen LogP contribution is -2.26. The summed E-state index contributed by atoms with van der Waals surface area (Å²) < 4.78 is 0. The molecule has 1 rings (SSSR count). The van der Waals surface area contributed by atoms with E-state index in [0.717, 1.165) is 51.4 Å². The lowest BCUT2D eigenvalue weighted by atomic mass is 9.83. The summed E-state index contributed by atoms with van der Waals surface area (Å²) in [5, 5.41) is 27.3. The number of hydrogen-bond acceptors (Lipinski definition) is 5. The molecule has 0 aromatic heterocycles. The van der Waals surface area contributed by atoms with Gasteiger partial charge in [-0.2, -0.15) is 0 Å². The van der Waals surface area contributed by atoms with Crippen LogP contribution in [0.5, 0.6) is 0 Å². The second kappa shape index (κ2) is 11.3. The third-order valence-electron chi connectivity index (χ3n) is 4.63. The molecule has 5 nitrogen and oxygen atoms in total. The molecule has 0 bridgehead atoms. The van der Waals surface area contributed by atoms with Gasteiger partial charge in [0.05, 0.1) is 13.2 Å². The van der Waals surface area contributed by atoms with Crippen LogP contribution in [0.1, 0.15) is 64.7 Å². The second-order valence-electron chi connectivity index (χ2n) is 6.34. The van der Waals surface area contributed by atoms with Gasteiger partial charge in [-0.05, 0) is 26.2 Å². The summed E-state index contributed by atoms with van der Waals surface area (Å²) in [5.41, 5.74) is 0.980. The van der Waals surface area contributed by atoms with Gasteiger partial charge in [-0.25, -0.2) is 0 Å². The van der Waals surface area contributed by atoms with Crippen molar-refractivity contribution in [2.24, 2.45) is 0 Å². The zero-order chi connectivity index (χ0) is 17.9. The van der Waals surface area contributed by atoms with E-state index in [1.54, 1.807) is 6.92 Å². The van der Waals surface area contributed by atoms with Crippen molar-refractivity contribution in [3.8, 4) is 0 Å². The van der Waals surface area contributed by atoms with Crippen molar-refractivity contribution >= 4 is 11.6 Å². The van der Waals surface area contributed by atoms with E-state index in [0.29, 0.717) is 17.6 Å². The van der Waals surface area contributed by atoms with Crippen LogP contribution in [0.3, 0.4) is 0 Å². The van der Waals surface area contributed by atoms with E-state index >= 15 is 0 Å². The zero-order valence-corrected chi connectivity index (χ0v) is 14.6. The summed E-state index contributed by atoms with van der Waals surface area (Å²) in [6.07, 6.45) is 8.89. The summed E-state index contributed by atoms with van der Waals surface area (Å²) in [6, 6.07) is 0. The van der Waals surface area contributed by atoms with Crippen LogP contribution >= 0.6 is 0 Å².